The zero-order valence-electron chi connectivity index (χ0n) is 9.37. The number of halogens is 1. The van der Waals surface area contributed by atoms with Crippen molar-refractivity contribution in [2.24, 2.45) is 5.73 Å². The smallest absolute Gasteiger partial charge is 0.241 e. The van der Waals surface area contributed by atoms with Crippen LogP contribution in [0.5, 0.6) is 0 Å². The minimum Gasteiger partial charge on any atom is -0.325 e. The summed E-state index contributed by atoms with van der Waals surface area (Å²) in [5, 5.41) is 2.79. The third-order valence-electron chi connectivity index (χ3n) is 2.32. The highest BCUT2D eigenvalue weighted by Crippen LogP contribution is 2.14. The van der Waals surface area contributed by atoms with Crippen LogP contribution in [0.3, 0.4) is 0 Å². The average Bonchev–Trinajstić information content (AvgIpc) is 2.29. The molecule has 3 nitrogen and oxygen atoms in total. The summed E-state index contributed by atoms with van der Waals surface area (Å²) >= 11 is 3.34. The summed E-state index contributed by atoms with van der Waals surface area (Å²) in [6.07, 6.45) is 2.77. The lowest BCUT2D eigenvalue weighted by atomic mass is 10.1. The Hall–Kier alpha value is -0.870. The van der Waals surface area contributed by atoms with Crippen LogP contribution in [0.2, 0.25) is 0 Å². The fourth-order valence-electron chi connectivity index (χ4n) is 1.32. The second-order valence-electron chi connectivity index (χ2n) is 3.74. The quantitative estimate of drug-likeness (QED) is 0.874. The number of rotatable bonds is 5. The molecule has 3 N–H and O–H groups in total. The van der Waals surface area contributed by atoms with Gasteiger partial charge in [0, 0.05) is 10.2 Å². The SMILES string of the molecule is CCCCC(N)C(=O)Nc1ccc(Br)cc1. The number of nitrogens with two attached hydrogens (primary N) is 1. The number of amides is 1. The third kappa shape index (κ3) is 4.33. The van der Waals surface area contributed by atoms with Crippen molar-refractivity contribution >= 4 is 27.5 Å². The molecule has 88 valence electrons. The molecule has 0 heterocycles. The highest BCUT2D eigenvalue weighted by Gasteiger charge is 2.12. The Morgan fingerprint density at radius 2 is 2.06 bits per heavy atom. The summed E-state index contributed by atoms with van der Waals surface area (Å²) in [5.41, 5.74) is 6.54. The molecule has 1 atom stereocenters. The van der Waals surface area contributed by atoms with Crippen molar-refractivity contribution in [3.8, 4) is 0 Å². The summed E-state index contributed by atoms with van der Waals surface area (Å²) in [5.74, 6) is -0.115. The van der Waals surface area contributed by atoms with Crippen LogP contribution < -0.4 is 11.1 Å². The number of benzene rings is 1. The highest BCUT2D eigenvalue weighted by atomic mass is 79.9. The summed E-state index contributed by atoms with van der Waals surface area (Å²) in [7, 11) is 0. The van der Waals surface area contributed by atoms with Crippen LogP contribution in [0.25, 0.3) is 0 Å². The van der Waals surface area contributed by atoms with Gasteiger partial charge in [0.05, 0.1) is 6.04 Å². The molecule has 1 aromatic carbocycles. The van der Waals surface area contributed by atoms with E-state index in [1.54, 1.807) is 0 Å². The molecule has 0 aromatic heterocycles. The molecule has 0 saturated carbocycles. The topological polar surface area (TPSA) is 55.1 Å². The number of anilines is 1. The number of carbonyl (C=O) groups excluding carboxylic acids is 1. The lowest BCUT2D eigenvalue weighted by Crippen LogP contribution is -2.35. The monoisotopic (exact) mass is 284 g/mol. The second kappa shape index (κ2) is 6.66. The standard InChI is InChI=1S/C12H17BrN2O/c1-2-3-4-11(14)12(16)15-10-7-5-9(13)6-8-10/h5-8,11H,2-4,14H2,1H3,(H,15,16). The molecule has 0 spiro atoms. The molecule has 1 rings (SSSR count). The van der Waals surface area contributed by atoms with Crippen molar-refractivity contribution in [1.29, 1.82) is 0 Å². The van der Waals surface area contributed by atoms with E-state index < -0.39 is 6.04 Å². The normalized spacial score (nSPS) is 12.2. The molecule has 0 radical (unpaired) electrons. The van der Waals surface area contributed by atoms with Crippen molar-refractivity contribution in [2.75, 3.05) is 5.32 Å². The van der Waals surface area contributed by atoms with Gasteiger partial charge in [-0.25, -0.2) is 0 Å². The average molecular weight is 285 g/mol. The van der Waals surface area contributed by atoms with E-state index in [-0.39, 0.29) is 5.91 Å². The van der Waals surface area contributed by atoms with Gasteiger partial charge < -0.3 is 11.1 Å². The number of hydrogen-bond acceptors (Lipinski definition) is 2. The first-order chi connectivity index (χ1) is 7.63. The van der Waals surface area contributed by atoms with Crippen molar-refractivity contribution < 1.29 is 4.79 Å². The van der Waals surface area contributed by atoms with E-state index >= 15 is 0 Å². The predicted molar refractivity (Wildman–Crippen MR) is 70.3 cm³/mol. The first kappa shape index (κ1) is 13.2. The maximum Gasteiger partial charge on any atom is 0.241 e. The Balaban J connectivity index is 2.47. The molecule has 0 aliphatic rings. The lowest BCUT2D eigenvalue weighted by Gasteiger charge is -2.11. The van der Waals surface area contributed by atoms with Crippen LogP contribution in [-0.2, 0) is 4.79 Å². The first-order valence-corrected chi connectivity index (χ1v) is 6.24. The van der Waals surface area contributed by atoms with Crippen LogP contribution in [-0.4, -0.2) is 11.9 Å². The molecule has 0 bridgehead atoms. The van der Waals surface area contributed by atoms with E-state index in [2.05, 4.69) is 28.2 Å². The van der Waals surface area contributed by atoms with E-state index in [0.717, 1.165) is 29.4 Å². The summed E-state index contributed by atoms with van der Waals surface area (Å²) in [4.78, 5) is 11.7. The molecule has 1 unspecified atom stereocenters. The molecule has 0 saturated heterocycles. The van der Waals surface area contributed by atoms with Gasteiger partial charge in [0.15, 0.2) is 0 Å². The van der Waals surface area contributed by atoms with Gasteiger partial charge in [0.2, 0.25) is 5.91 Å². The Morgan fingerprint density at radius 1 is 1.44 bits per heavy atom. The van der Waals surface area contributed by atoms with Crippen molar-refractivity contribution in [2.45, 2.75) is 32.2 Å². The molecular weight excluding hydrogens is 268 g/mol. The van der Waals surface area contributed by atoms with Crippen molar-refractivity contribution in [3.63, 3.8) is 0 Å². The Bertz CT molecular complexity index is 337. The number of unbranched alkanes of at least 4 members (excludes halogenated alkanes) is 1. The fraction of sp³-hybridized carbons (Fsp3) is 0.417. The van der Waals surface area contributed by atoms with Crippen molar-refractivity contribution in [3.05, 3.63) is 28.7 Å². The maximum absolute atomic E-state index is 11.7. The molecular formula is C12H17BrN2O. The summed E-state index contributed by atoms with van der Waals surface area (Å²) in [6.45, 7) is 2.08. The zero-order valence-corrected chi connectivity index (χ0v) is 11.0. The van der Waals surface area contributed by atoms with Gasteiger partial charge in [-0.05, 0) is 30.7 Å². The van der Waals surface area contributed by atoms with Crippen LogP contribution in [0.15, 0.2) is 28.7 Å². The maximum atomic E-state index is 11.7. The molecule has 16 heavy (non-hydrogen) atoms. The molecule has 0 fully saturated rings. The van der Waals surface area contributed by atoms with Gasteiger partial charge >= 0.3 is 0 Å². The van der Waals surface area contributed by atoms with Gasteiger partial charge in [-0.3, -0.25) is 4.79 Å². The minimum absolute atomic E-state index is 0.115. The van der Waals surface area contributed by atoms with Crippen LogP contribution >= 0.6 is 15.9 Å². The van der Waals surface area contributed by atoms with Crippen molar-refractivity contribution in [1.82, 2.24) is 0 Å². The largest absolute Gasteiger partial charge is 0.325 e. The van der Waals surface area contributed by atoms with E-state index in [4.69, 9.17) is 5.73 Å². The first-order valence-electron chi connectivity index (χ1n) is 5.45. The third-order valence-corrected chi connectivity index (χ3v) is 2.85. The number of carbonyl (C=O) groups is 1. The fourth-order valence-corrected chi connectivity index (χ4v) is 1.59. The predicted octanol–water partition coefficient (Wildman–Crippen LogP) is 2.91. The molecule has 1 aromatic rings. The van der Waals surface area contributed by atoms with E-state index in [0.29, 0.717) is 0 Å². The van der Waals surface area contributed by atoms with E-state index in [1.807, 2.05) is 24.3 Å². The number of nitrogens with one attached hydrogen (secondary N) is 1. The zero-order chi connectivity index (χ0) is 12.0. The van der Waals surface area contributed by atoms with Gasteiger partial charge in [-0.1, -0.05) is 35.7 Å². The van der Waals surface area contributed by atoms with E-state index in [9.17, 15) is 4.79 Å². The number of hydrogen-bond donors (Lipinski definition) is 2. The van der Waals surface area contributed by atoms with E-state index in [1.165, 1.54) is 0 Å². The van der Waals surface area contributed by atoms with Gasteiger partial charge in [-0.2, -0.15) is 0 Å². The Labute approximate surface area is 105 Å². The molecule has 0 aliphatic carbocycles. The Morgan fingerprint density at radius 3 is 2.62 bits per heavy atom. The Kier molecular flexibility index (Phi) is 5.49. The molecule has 4 heteroatoms. The summed E-state index contributed by atoms with van der Waals surface area (Å²) in [6, 6.07) is 7.03. The lowest BCUT2D eigenvalue weighted by molar-refractivity contribution is -0.117. The second-order valence-corrected chi connectivity index (χ2v) is 4.66. The van der Waals surface area contributed by atoms with Gasteiger partial charge in [0.25, 0.3) is 0 Å². The van der Waals surface area contributed by atoms with Crippen LogP contribution in [0, 0.1) is 0 Å². The molecule has 1 amide bonds. The minimum atomic E-state index is -0.413. The van der Waals surface area contributed by atoms with Crippen LogP contribution in [0.4, 0.5) is 5.69 Å². The van der Waals surface area contributed by atoms with Crippen LogP contribution in [0.1, 0.15) is 26.2 Å². The highest BCUT2D eigenvalue weighted by molar-refractivity contribution is 9.10. The van der Waals surface area contributed by atoms with Gasteiger partial charge in [0.1, 0.15) is 0 Å². The molecule has 0 aliphatic heterocycles. The summed E-state index contributed by atoms with van der Waals surface area (Å²) < 4.78 is 0.987. The van der Waals surface area contributed by atoms with Gasteiger partial charge in [-0.15, -0.1) is 0 Å².